The molecule has 1 aliphatic heterocycles. The number of thioether (sulfide) groups is 1. The molecule has 4 nitrogen and oxygen atoms in total. The molecule has 122 valence electrons. The predicted octanol–water partition coefficient (Wildman–Crippen LogP) is 3.02. The van der Waals surface area contributed by atoms with Gasteiger partial charge in [-0.2, -0.15) is 8.78 Å². The molecule has 22 heavy (non-hydrogen) atoms. The van der Waals surface area contributed by atoms with Crippen molar-refractivity contribution in [1.29, 1.82) is 0 Å². The molecule has 1 amide bonds. The Morgan fingerprint density at radius 1 is 1.50 bits per heavy atom. The largest absolute Gasteiger partial charge is 0.396 e. The number of aliphatic hydroxyl groups is 1. The molecule has 0 spiro atoms. The van der Waals surface area contributed by atoms with Gasteiger partial charge in [-0.15, -0.1) is 0 Å². The van der Waals surface area contributed by atoms with Crippen LogP contribution in [0.4, 0.5) is 8.78 Å². The molecule has 7 heteroatoms. The first kappa shape index (κ1) is 17.1. The van der Waals surface area contributed by atoms with E-state index >= 15 is 0 Å². The molecule has 1 fully saturated rings. The molecule has 0 aliphatic carbocycles. The highest BCUT2D eigenvalue weighted by molar-refractivity contribution is 7.99. The van der Waals surface area contributed by atoms with E-state index in [9.17, 15) is 18.7 Å². The predicted molar refractivity (Wildman–Crippen MR) is 81.0 cm³/mol. The normalized spacial score (nSPS) is 17.8. The second kappa shape index (κ2) is 7.37. The van der Waals surface area contributed by atoms with E-state index in [0.717, 1.165) is 19.3 Å². The van der Waals surface area contributed by atoms with Crippen LogP contribution in [0.2, 0.25) is 0 Å². The first-order valence-electron chi connectivity index (χ1n) is 7.31. The summed E-state index contributed by atoms with van der Waals surface area (Å²) in [5.41, 5.74) is 0.104. The van der Waals surface area contributed by atoms with Crippen molar-refractivity contribution >= 4 is 17.7 Å². The van der Waals surface area contributed by atoms with Gasteiger partial charge in [-0.1, -0.05) is 6.92 Å². The van der Waals surface area contributed by atoms with E-state index in [1.165, 1.54) is 12.3 Å². The quantitative estimate of drug-likeness (QED) is 0.843. The number of carbonyl (C=O) groups excluding carboxylic acids is 1. The van der Waals surface area contributed by atoms with Crippen LogP contribution in [-0.2, 0) is 0 Å². The van der Waals surface area contributed by atoms with Crippen LogP contribution in [0.3, 0.4) is 0 Å². The van der Waals surface area contributed by atoms with Gasteiger partial charge in [0.15, 0.2) is 0 Å². The van der Waals surface area contributed by atoms with E-state index in [1.807, 2.05) is 6.92 Å². The van der Waals surface area contributed by atoms with E-state index in [4.69, 9.17) is 0 Å². The second-order valence-electron chi connectivity index (χ2n) is 5.54. The Bertz CT molecular complexity index is 514. The molecule has 2 rings (SSSR count). The number of pyridine rings is 1. The number of hydrogen-bond acceptors (Lipinski definition) is 4. The van der Waals surface area contributed by atoms with Crippen molar-refractivity contribution in [2.45, 2.75) is 37.0 Å². The van der Waals surface area contributed by atoms with Gasteiger partial charge in [0.05, 0.1) is 5.56 Å². The number of piperidine rings is 1. The van der Waals surface area contributed by atoms with Crippen molar-refractivity contribution in [3.05, 3.63) is 23.9 Å². The standard InChI is InChI=1S/C15H20F2N2O2S/c1-2-15(10-20)5-8-19(9-6-15)13(21)11-4-3-7-18-12(11)22-14(16)17/h3-4,7,14,20H,2,5-6,8-10H2,1H3. The van der Waals surface area contributed by atoms with Crippen LogP contribution in [-0.4, -0.2) is 46.4 Å². The van der Waals surface area contributed by atoms with Crippen LogP contribution in [0.1, 0.15) is 36.5 Å². The average Bonchev–Trinajstić information content (AvgIpc) is 2.54. The number of rotatable bonds is 5. The third-order valence-electron chi connectivity index (χ3n) is 4.40. The molecule has 1 N–H and O–H groups in total. The number of aliphatic hydroxyl groups excluding tert-OH is 1. The van der Waals surface area contributed by atoms with Crippen molar-refractivity contribution in [2.75, 3.05) is 19.7 Å². The average molecular weight is 330 g/mol. The van der Waals surface area contributed by atoms with Gasteiger partial charge >= 0.3 is 0 Å². The van der Waals surface area contributed by atoms with Crippen molar-refractivity contribution in [1.82, 2.24) is 9.88 Å². The summed E-state index contributed by atoms with van der Waals surface area (Å²) in [5.74, 6) is -2.87. The third kappa shape index (κ3) is 3.76. The zero-order chi connectivity index (χ0) is 16.2. The lowest BCUT2D eigenvalue weighted by Crippen LogP contribution is -2.44. The molecular weight excluding hydrogens is 310 g/mol. The van der Waals surface area contributed by atoms with Crippen LogP contribution in [0, 0.1) is 5.41 Å². The van der Waals surface area contributed by atoms with Gasteiger partial charge in [0.25, 0.3) is 11.7 Å². The van der Waals surface area contributed by atoms with Gasteiger partial charge in [0.1, 0.15) is 5.03 Å². The van der Waals surface area contributed by atoms with Crippen LogP contribution in [0.25, 0.3) is 0 Å². The summed E-state index contributed by atoms with van der Waals surface area (Å²) in [5, 5.41) is 9.59. The van der Waals surface area contributed by atoms with Crippen LogP contribution in [0.5, 0.6) is 0 Å². The summed E-state index contributed by atoms with van der Waals surface area (Å²) in [6, 6.07) is 3.12. The number of carbonyl (C=O) groups is 1. The Balaban J connectivity index is 2.10. The maximum Gasteiger partial charge on any atom is 0.290 e. The zero-order valence-electron chi connectivity index (χ0n) is 12.5. The lowest BCUT2D eigenvalue weighted by atomic mass is 9.77. The Labute approximate surface area is 132 Å². The summed E-state index contributed by atoms with van der Waals surface area (Å²) in [6.45, 7) is 3.21. The number of amides is 1. The minimum atomic E-state index is -2.61. The first-order chi connectivity index (χ1) is 10.5. The zero-order valence-corrected chi connectivity index (χ0v) is 13.3. The third-order valence-corrected chi connectivity index (χ3v) is 5.13. The number of likely N-dealkylation sites (tertiary alicyclic amines) is 1. The van der Waals surface area contributed by atoms with Crippen LogP contribution < -0.4 is 0 Å². The highest BCUT2D eigenvalue weighted by atomic mass is 32.2. The topological polar surface area (TPSA) is 53.4 Å². The maximum absolute atomic E-state index is 12.6. The Morgan fingerprint density at radius 2 is 2.18 bits per heavy atom. The fraction of sp³-hybridized carbons (Fsp3) is 0.600. The minimum absolute atomic E-state index is 0.0667. The van der Waals surface area contributed by atoms with Crippen molar-refractivity contribution in [3.8, 4) is 0 Å². The number of hydrogen-bond donors (Lipinski definition) is 1. The molecule has 0 radical (unpaired) electrons. The molecule has 1 aliphatic rings. The first-order valence-corrected chi connectivity index (χ1v) is 8.19. The van der Waals surface area contributed by atoms with Crippen LogP contribution >= 0.6 is 11.8 Å². The second-order valence-corrected chi connectivity index (χ2v) is 6.52. The van der Waals surface area contributed by atoms with E-state index < -0.39 is 5.76 Å². The highest BCUT2D eigenvalue weighted by Crippen LogP contribution is 2.35. The lowest BCUT2D eigenvalue weighted by molar-refractivity contribution is 0.0335. The van der Waals surface area contributed by atoms with Gasteiger partial charge in [0.2, 0.25) is 0 Å². The van der Waals surface area contributed by atoms with Gasteiger partial charge < -0.3 is 10.0 Å². The molecule has 0 unspecified atom stereocenters. The fourth-order valence-corrected chi connectivity index (χ4v) is 3.28. The number of halogens is 2. The van der Waals surface area contributed by atoms with E-state index in [-0.39, 0.29) is 28.5 Å². The minimum Gasteiger partial charge on any atom is -0.396 e. The molecule has 1 aromatic rings. The van der Waals surface area contributed by atoms with Crippen molar-refractivity contribution in [2.24, 2.45) is 5.41 Å². The molecule has 0 atom stereocenters. The van der Waals surface area contributed by atoms with E-state index in [0.29, 0.717) is 24.9 Å². The summed E-state index contributed by atoms with van der Waals surface area (Å²) in [6.07, 6.45) is 3.73. The Kier molecular flexibility index (Phi) is 5.74. The highest BCUT2D eigenvalue weighted by Gasteiger charge is 2.34. The smallest absolute Gasteiger partial charge is 0.290 e. The summed E-state index contributed by atoms with van der Waals surface area (Å²) in [7, 11) is 0. The van der Waals surface area contributed by atoms with E-state index in [1.54, 1.807) is 11.0 Å². The lowest BCUT2D eigenvalue weighted by Gasteiger charge is -2.40. The van der Waals surface area contributed by atoms with Gasteiger partial charge in [-0.05, 0) is 48.6 Å². The summed E-state index contributed by atoms with van der Waals surface area (Å²) in [4.78, 5) is 18.1. The Hall–Kier alpha value is -1.21. The molecule has 2 heterocycles. The monoisotopic (exact) mass is 330 g/mol. The molecule has 0 bridgehead atoms. The van der Waals surface area contributed by atoms with Gasteiger partial charge in [0, 0.05) is 25.9 Å². The summed E-state index contributed by atoms with van der Waals surface area (Å²) >= 11 is 0.294. The van der Waals surface area contributed by atoms with E-state index in [2.05, 4.69) is 4.98 Å². The molecular formula is C15H20F2N2O2S. The maximum atomic E-state index is 12.6. The summed E-state index contributed by atoms with van der Waals surface area (Å²) < 4.78 is 25.1. The SMILES string of the molecule is CCC1(CO)CCN(C(=O)c2cccnc2SC(F)F)CC1. The van der Waals surface area contributed by atoms with Crippen molar-refractivity contribution < 1.29 is 18.7 Å². The molecule has 1 aromatic heterocycles. The number of aromatic nitrogens is 1. The molecule has 0 saturated carbocycles. The van der Waals surface area contributed by atoms with Gasteiger partial charge in [-0.25, -0.2) is 4.98 Å². The molecule has 0 aromatic carbocycles. The van der Waals surface area contributed by atoms with Gasteiger partial charge in [-0.3, -0.25) is 4.79 Å². The fourth-order valence-electron chi connectivity index (χ4n) is 2.71. The Morgan fingerprint density at radius 3 is 2.73 bits per heavy atom. The molecule has 1 saturated heterocycles. The van der Waals surface area contributed by atoms with Crippen LogP contribution in [0.15, 0.2) is 23.4 Å². The van der Waals surface area contributed by atoms with Crippen molar-refractivity contribution in [3.63, 3.8) is 0 Å². The number of alkyl halides is 2. The number of nitrogens with zero attached hydrogens (tertiary/aromatic N) is 2.